The summed E-state index contributed by atoms with van der Waals surface area (Å²) in [6.07, 6.45) is 1.69. The van der Waals surface area contributed by atoms with Crippen LogP contribution in [0.4, 0.5) is 5.69 Å². The van der Waals surface area contributed by atoms with Crippen LogP contribution in [0.25, 0.3) is 5.76 Å². The molecule has 1 aliphatic heterocycles. The minimum atomic E-state index is -0.823. The number of amides is 1. The summed E-state index contributed by atoms with van der Waals surface area (Å²) in [6, 6.07) is 20.4. The van der Waals surface area contributed by atoms with Crippen molar-refractivity contribution in [3.8, 4) is 0 Å². The third-order valence-corrected chi connectivity index (χ3v) is 6.35. The van der Waals surface area contributed by atoms with Gasteiger partial charge in [0.15, 0.2) is 0 Å². The molecule has 3 aromatic carbocycles. The van der Waals surface area contributed by atoms with Gasteiger partial charge in [0, 0.05) is 11.3 Å². The zero-order valence-electron chi connectivity index (χ0n) is 19.9. The van der Waals surface area contributed by atoms with Crippen LogP contribution in [0.15, 0.2) is 78.4 Å². The van der Waals surface area contributed by atoms with E-state index >= 15 is 0 Å². The van der Waals surface area contributed by atoms with Crippen molar-refractivity contribution in [1.82, 2.24) is 0 Å². The van der Waals surface area contributed by atoms with Crippen molar-refractivity contribution in [2.75, 3.05) is 12.0 Å². The highest BCUT2D eigenvalue weighted by molar-refractivity contribution is 6.51. The van der Waals surface area contributed by atoms with Gasteiger partial charge < -0.3 is 9.84 Å². The van der Waals surface area contributed by atoms with Crippen molar-refractivity contribution in [2.45, 2.75) is 32.7 Å². The lowest BCUT2D eigenvalue weighted by Gasteiger charge is -2.25. The van der Waals surface area contributed by atoms with E-state index in [9.17, 15) is 19.5 Å². The van der Waals surface area contributed by atoms with Crippen LogP contribution in [0.3, 0.4) is 0 Å². The normalized spacial score (nSPS) is 17.0. The molecule has 0 bridgehead atoms. The molecule has 178 valence electrons. The van der Waals surface area contributed by atoms with E-state index in [0.717, 1.165) is 24.0 Å². The van der Waals surface area contributed by atoms with Gasteiger partial charge in [-0.2, -0.15) is 0 Å². The Morgan fingerprint density at radius 1 is 0.829 bits per heavy atom. The molecular formula is C29H27NO5. The van der Waals surface area contributed by atoms with Crippen LogP contribution < -0.4 is 4.90 Å². The Kier molecular flexibility index (Phi) is 6.82. The molecule has 1 atom stereocenters. The van der Waals surface area contributed by atoms with Crippen molar-refractivity contribution in [2.24, 2.45) is 0 Å². The highest BCUT2D eigenvalue weighted by Crippen LogP contribution is 2.42. The zero-order valence-corrected chi connectivity index (χ0v) is 19.9. The molecule has 1 amide bonds. The maximum atomic E-state index is 13.3. The fourth-order valence-electron chi connectivity index (χ4n) is 4.28. The summed E-state index contributed by atoms with van der Waals surface area (Å²) < 4.78 is 4.75. The van der Waals surface area contributed by atoms with Crippen LogP contribution in [-0.2, 0) is 27.2 Å². The molecule has 0 aliphatic carbocycles. The van der Waals surface area contributed by atoms with Gasteiger partial charge in [-0.25, -0.2) is 4.79 Å². The standard InChI is InChI=1S/C29H27NO5/c1-4-18-6-10-20(11-7-18)25-24(26(31)21-12-8-19(5-2)9-13-21)27(32)28(33)30(25)23-16-14-22(15-17-23)29(34)35-3/h6-17,25,31H,4-5H2,1-3H3/b26-24+. The first kappa shape index (κ1) is 24.0. The molecule has 35 heavy (non-hydrogen) atoms. The SMILES string of the molecule is CCc1ccc(/C(O)=C2\C(=O)C(=O)N(c3ccc(C(=O)OC)cc3)C2c2ccc(CC)cc2)cc1. The first-order valence-electron chi connectivity index (χ1n) is 11.6. The van der Waals surface area contributed by atoms with Crippen LogP contribution in [-0.4, -0.2) is 29.9 Å². The molecule has 1 saturated heterocycles. The van der Waals surface area contributed by atoms with Gasteiger partial charge in [-0.05, 0) is 53.8 Å². The number of ether oxygens (including phenoxy) is 1. The van der Waals surface area contributed by atoms with Crippen molar-refractivity contribution in [3.05, 3.63) is 106 Å². The number of Topliss-reactive ketones (excluding diaryl/α,β-unsaturated/α-hetero) is 1. The van der Waals surface area contributed by atoms with Crippen LogP contribution >= 0.6 is 0 Å². The molecule has 1 fully saturated rings. The number of aliphatic hydroxyl groups excluding tert-OH is 1. The molecule has 1 unspecified atom stereocenters. The number of rotatable bonds is 6. The number of carbonyl (C=O) groups is 3. The second-order valence-electron chi connectivity index (χ2n) is 8.35. The molecule has 3 aromatic rings. The van der Waals surface area contributed by atoms with E-state index in [4.69, 9.17) is 4.74 Å². The number of anilines is 1. The number of hydrogen-bond acceptors (Lipinski definition) is 5. The van der Waals surface area contributed by atoms with E-state index < -0.39 is 23.7 Å². The fourth-order valence-corrected chi connectivity index (χ4v) is 4.28. The van der Waals surface area contributed by atoms with Crippen LogP contribution in [0.5, 0.6) is 0 Å². The highest BCUT2D eigenvalue weighted by atomic mass is 16.5. The van der Waals surface area contributed by atoms with Crippen molar-refractivity contribution in [3.63, 3.8) is 0 Å². The number of aliphatic hydroxyl groups is 1. The lowest BCUT2D eigenvalue weighted by atomic mass is 9.94. The van der Waals surface area contributed by atoms with Gasteiger partial charge in [0.1, 0.15) is 5.76 Å². The van der Waals surface area contributed by atoms with Gasteiger partial charge in [-0.1, -0.05) is 62.4 Å². The number of nitrogens with zero attached hydrogens (tertiary/aromatic N) is 1. The van der Waals surface area contributed by atoms with E-state index in [2.05, 4.69) is 0 Å². The number of hydrogen-bond donors (Lipinski definition) is 1. The Hall–Kier alpha value is -4.19. The van der Waals surface area contributed by atoms with Gasteiger partial charge in [0.2, 0.25) is 0 Å². The second kappa shape index (κ2) is 9.97. The summed E-state index contributed by atoms with van der Waals surface area (Å²) in [6.45, 7) is 4.08. The molecular weight excluding hydrogens is 442 g/mol. The van der Waals surface area contributed by atoms with E-state index in [1.807, 2.05) is 50.2 Å². The lowest BCUT2D eigenvalue weighted by molar-refractivity contribution is -0.132. The maximum Gasteiger partial charge on any atom is 0.337 e. The Morgan fingerprint density at radius 2 is 1.34 bits per heavy atom. The van der Waals surface area contributed by atoms with Crippen molar-refractivity contribution < 1.29 is 24.2 Å². The largest absolute Gasteiger partial charge is 0.507 e. The summed E-state index contributed by atoms with van der Waals surface area (Å²) in [5, 5.41) is 11.2. The molecule has 6 nitrogen and oxygen atoms in total. The molecule has 4 rings (SSSR count). The number of methoxy groups -OCH3 is 1. The third-order valence-electron chi connectivity index (χ3n) is 6.35. The molecule has 0 spiro atoms. The van der Waals surface area contributed by atoms with Gasteiger partial charge in [-0.15, -0.1) is 0 Å². The molecule has 0 saturated carbocycles. The number of ketones is 1. The quantitative estimate of drug-likeness (QED) is 0.231. The highest BCUT2D eigenvalue weighted by Gasteiger charge is 2.47. The zero-order chi connectivity index (χ0) is 25.1. The first-order chi connectivity index (χ1) is 16.9. The molecule has 0 radical (unpaired) electrons. The van der Waals surface area contributed by atoms with Crippen molar-refractivity contribution >= 4 is 29.1 Å². The Morgan fingerprint density at radius 3 is 1.86 bits per heavy atom. The van der Waals surface area contributed by atoms with Gasteiger partial charge in [0.25, 0.3) is 11.7 Å². The number of esters is 1. The predicted octanol–water partition coefficient (Wildman–Crippen LogP) is 5.22. The molecule has 0 aromatic heterocycles. The number of benzene rings is 3. The van der Waals surface area contributed by atoms with Crippen LogP contribution in [0, 0.1) is 0 Å². The summed E-state index contributed by atoms with van der Waals surface area (Å²) in [5.74, 6) is -2.22. The van der Waals surface area contributed by atoms with Gasteiger partial charge >= 0.3 is 5.97 Å². The van der Waals surface area contributed by atoms with E-state index in [-0.39, 0.29) is 11.3 Å². The Labute approximate surface area is 204 Å². The summed E-state index contributed by atoms with van der Waals surface area (Å²) >= 11 is 0. The average Bonchev–Trinajstić information content (AvgIpc) is 3.18. The predicted molar refractivity (Wildman–Crippen MR) is 134 cm³/mol. The average molecular weight is 470 g/mol. The molecule has 1 heterocycles. The summed E-state index contributed by atoms with van der Waals surface area (Å²) in [7, 11) is 1.29. The summed E-state index contributed by atoms with van der Waals surface area (Å²) in [4.78, 5) is 39.8. The van der Waals surface area contributed by atoms with E-state index in [0.29, 0.717) is 22.4 Å². The Bertz CT molecular complexity index is 1290. The van der Waals surface area contributed by atoms with Crippen LogP contribution in [0.1, 0.15) is 52.5 Å². The molecule has 1 N–H and O–H groups in total. The van der Waals surface area contributed by atoms with Crippen LogP contribution in [0.2, 0.25) is 0 Å². The monoisotopic (exact) mass is 469 g/mol. The summed E-state index contributed by atoms with van der Waals surface area (Å²) in [5.41, 5.74) is 4.17. The Balaban J connectivity index is 1.87. The third kappa shape index (κ3) is 4.47. The number of aryl methyl sites for hydroxylation is 2. The fraction of sp³-hybridized carbons (Fsp3) is 0.207. The molecule has 6 heteroatoms. The number of carbonyl (C=O) groups excluding carboxylic acids is 3. The topological polar surface area (TPSA) is 83.9 Å². The van der Waals surface area contributed by atoms with Gasteiger partial charge in [-0.3, -0.25) is 14.5 Å². The van der Waals surface area contributed by atoms with E-state index in [1.54, 1.807) is 36.4 Å². The minimum absolute atomic E-state index is 0.0283. The van der Waals surface area contributed by atoms with E-state index in [1.165, 1.54) is 12.0 Å². The maximum absolute atomic E-state index is 13.3. The second-order valence-corrected chi connectivity index (χ2v) is 8.35. The molecule has 1 aliphatic rings. The smallest absolute Gasteiger partial charge is 0.337 e. The first-order valence-corrected chi connectivity index (χ1v) is 11.6. The van der Waals surface area contributed by atoms with Gasteiger partial charge in [0.05, 0.1) is 24.3 Å². The lowest BCUT2D eigenvalue weighted by Crippen LogP contribution is -2.29. The minimum Gasteiger partial charge on any atom is -0.507 e. The van der Waals surface area contributed by atoms with Crippen molar-refractivity contribution in [1.29, 1.82) is 0 Å².